The largest absolute Gasteiger partial charge is 0.507 e. The van der Waals surface area contributed by atoms with Crippen LogP contribution in [0.5, 0.6) is 5.75 Å². The molecule has 9 nitrogen and oxygen atoms in total. The Balaban J connectivity index is 1.66. The van der Waals surface area contributed by atoms with E-state index in [4.69, 9.17) is 14.3 Å². The number of ether oxygens (including phenoxy) is 1. The number of primary sulfonamides is 1. The number of aliphatic hydroxyl groups is 1. The van der Waals surface area contributed by atoms with Gasteiger partial charge < -0.3 is 14.3 Å². The Morgan fingerprint density at radius 2 is 1.83 bits per heavy atom. The fraction of sp³-hybridized carbons (Fsp3) is 0.200. The highest BCUT2D eigenvalue weighted by atomic mass is 32.2. The molecule has 0 bridgehead atoms. The minimum Gasteiger partial charge on any atom is -0.507 e. The van der Waals surface area contributed by atoms with E-state index in [2.05, 4.69) is 0 Å². The standard InChI is InChI=1S/C25H22N2O7S/c1-14-4-10-20(34-14)22-21(23(28)16-5-11-19-15(13-16)3-2-12-33-19)24(29)25(30)27(22)17-6-8-18(9-7-17)35(26,31)32/h4-11,13,22,28H,2-3,12H2,1H3,(H2,26,31,32)/b23-21-. The van der Waals surface area contributed by atoms with E-state index >= 15 is 0 Å². The maximum absolute atomic E-state index is 13.2. The lowest BCUT2D eigenvalue weighted by Gasteiger charge is -2.24. The molecule has 1 aromatic heterocycles. The van der Waals surface area contributed by atoms with Gasteiger partial charge in [0.05, 0.1) is 17.1 Å². The summed E-state index contributed by atoms with van der Waals surface area (Å²) in [6.07, 6.45) is 1.60. The molecule has 10 heteroatoms. The van der Waals surface area contributed by atoms with Gasteiger partial charge in [0.15, 0.2) is 0 Å². The number of benzene rings is 2. The monoisotopic (exact) mass is 494 g/mol. The van der Waals surface area contributed by atoms with Crippen LogP contribution in [0.25, 0.3) is 5.76 Å². The summed E-state index contributed by atoms with van der Waals surface area (Å²) in [5, 5.41) is 16.4. The second kappa shape index (κ2) is 8.40. The molecule has 1 fully saturated rings. The molecule has 3 aromatic rings. The highest BCUT2D eigenvalue weighted by Gasteiger charge is 2.48. The maximum Gasteiger partial charge on any atom is 0.300 e. The van der Waals surface area contributed by atoms with Crippen molar-refractivity contribution in [1.29, 1.82) is 0 Å². The molecule has 2 aromatic carbocycles. The van der Waals surface area contributed by atoms with Crippen molar-refractivity contribution in [2.75, 3.05) is 11.5 Å². The SMILES string of the molecule is Cc1ccc(C2/C(=C(/O)c3ccc4c(c3)CCCO4)C(=O)C(=O)N2c2ccc(S(N)(=O)=O)cc2)o1. The number of carbonyl (C=O) groups is 2. The van der Waals surface area contributed by atoms with E-state index in [0.29, 0.717) is 17.9 Å². The molecule has 180 valence electrons. The van der Waals surface area contributed by atoms with Gasteiger partial charge in [0.1, 0.15) is 29.1 Å². The van der Waals surface area contributed by atoms with Crippen LogP contribution in [0.3, 0.4) is 0 Å². The average molecular weight is 495 g/mol. The number of sulfonamides is 1. The van der Waals surface area contributed by atoms with Crippen molar-refractivity contribution in [2.24, 2.45) is 5.14 Å². The molecular weight excluding hydrogens is 472 g/mol. The van der Waals surface area contributed by atoms with Crippen LogP contribution in [-0.4, -0.2) is 31.8 Å². The Kier molecular flexibility index (Phi) is 5.49. The number of fused-ring (bicyclic) bond motifs is 1. The molecule has 5 rings (SSSR count). The molecule has 0 spiro atoms. The molecule has 1 saturated heterocycles. The summed E-state index contributed by atoms with van der Waals surface area (Å²) >= 11 is 0. The van der Waals surface area contributed by atoms with Gasteiger partial charge in [-0.15, -0.1) is 0 Å². The van der Waals surface area contributed by atoms with E-state index in [1.165, 1.54) is 29.2 Å². The lowest BCUT2D eigenvalue weighted by atomic mass is 9.96. The minimum absolute atomic E-state index is 0.128. The first-order valence-electron chi connectivity index (χ1n) is 10.9. The smallest absolute Gasteiger partial charge is 0.300 e. The topological polar surface area (TPSA) is 140 Å². The second-order valence-electron chi connectivity index (χ2n) is 8.43. The number of aliphatic hydroxyl groups excluding tert-OH is 1. The third-order valence-electron chi connectivity index (χ3n) is 6.10. The van der Waals surface area contributed by atoms with E-state index in [9.17, 15) is 23.1 Å². The van der Waals surface area contributed by atoms with Crippen molar-refractivity contribution >= 4 is 33.2 Å². The number of carbonyl (C=O) groups excluding carboxylic acids is 2. The number of furan rings is 1. The lowest BCUT2D eigenvalue weighted by molar-refractivity contribution is -0.132. The maximum atomic E-state index is 13.2. The molecule has 35 heavy (non-hydrogen) atoms. The van der Waals surface area contributed by atoms with Crippen molar-refractivity contribution in [1.82, 2.24) is 0 Å². The van der Waals surface area contributed by atoms with Gasteiger partial charge in [-0.1, -0.05) is 0 Å². The van der Waals surface area contributed by atoms with E-state index in [1.54, 1.807) is 37.3 Å². The van der Waals surface area contributed by atoms with Gasteiger partial charge in [0.2, 0.25) is 10.0 Å². The average Bonchev–Trinajstić information content (AvgIpc) is 3.38. The summed E-state index contributed by atoms with van der Waals surface area (Å²) in [5.41, 5.74) is 1.40. The molecule has 3 heterocycles. The molecule has 1 atom stereocenters. The number of nitrogens with zero attached hydrogens (tertiary/aromatic N) is 1. The molecule has 0 aliphatic carbocycles. The summed E-state index contributed by atoms with van der Waals surface area (Å²) in [7, 11) is -3.95. The number of hydrogen-bond acceptors (Lipinski definition) is 7. The molecule has 3 N–H and O–H groups in total. The van der Waals surface area contributed by atoms with Gasteiger partial charge in [0, 0.05) is 11.3 Å². The number of aryl methyl sites for hydroxylation is 2. The van der Waals surface area contributed by atoms with Crippen molar-refractivity contribution in [3.8, 4) is 5.75 Å². The van der Waals surface area contributed by atoms with Crippen LogP contribution in [-0.2, 0) is 26.0 Å². The highest BCUT2D eigenvalue weighted by Crippen LogP contribution is 2.43. The van der Waals surface area contributed by atoms with Crippen LogP contribution in [0.1, 0.15) is 35.1 Å². The summed E-state index contributed by atoms with van der Waals surface area (Å²) in [5.74, 6) is -0.539. The van der Waals surface area contributed by atoms with E-state index in [1.807, 2.05) is 0 Å². The van der Waals surface area contributed by atoms with Crippen LogP contribution in [0, 0.1) is 6.92 Å². The van der Waals surface area contributed by atoms with E-state index in [0.717, 1.165) is 24.2 Å². The van der Waals surface area contributed by atoms with Gasteiger partial charge in [-0.2, -0.15) is 0 Å². The van der Waals surface area contributed by atoms with Crippen molar-refractivity contribution in [2.45, 2.75) is 30.7 Å². The summed E-state index contributed by atoms with van der Waals surface area (Å²) in [4.78, 5) is 27.4. The second-order valence-corrected chi connectivity index (χ2v) is 9.99. The first-order chi connectivity index (χ1) is 16.6. The summed E-state index contributed by atoms with van der Waals surface area (Å²) < 4.78 is 34.7. The zero-order chi connectivity index (χ0) is 24.9. The predicted molar refractivity (Wildman–Crippen MR) is 126 cm³/mol. The normalized spacial score (nSPS) is 19.5. The molecule has 1 amide bonds. The number of amides is 1. The number of ketones is 1. The molecule has 0 radical (unpaired) electrons. The van der Waals surface area contributed by atoms with Crippen LogP contribution in [0.4, 0.5) is 5.69 Å². The Bertz CT molecular complexity index is 1490. The van der Waals surface area contributed by atoms with E-state index in [-0.39, 0.29) is 27.7 Å². The van der Waals surface area contributed by atoms with Gasteiger partial charge in [0.25, 0.3) is 11.7 Å². The van der Waals surface area contributed by atoms with Crippen LogP contribution in [0.2, 0.25) is 0 Å². The lowest BCUT2D eigenvalue weighted by Crippen LogP contribution is -2.29. The van der Waals surface area contributed by atoms with Crippen LogP contribution < -0.4 is 14.8 Å². The third kappa shape index (κ3) is 4.00. The molecule has 0 saturated carbocycles. The molecule has 1 unspecified atom stereocenters. The number of hydrogen-bond donors (Lipinski definition) is 2. The molecule has 2 aliphatic heterocycles. The van der Waals surface area contributed by atoms with Gasteiger partial charge in [-0.25, -0.2) is 13.6 Å². The minimum atomic E-state index is -3.95. The van der Waals surface area contributed by atoms with Crippen molar-refractivity contribution < 1.29 is 32.3 Å². The van der Waals surface area contributed by atoms with Gasteiger partial charge in [-0.05, 0) is 79.9 Å². The zero-order valence-corrected chi connectivity index (χ0v) is 19.5. The number of Topliss-reactive ketones (excluding diaryl/α,β-unsaturated/α-hetero) is 1. The fourth-order valence-corrected chi connectivity index (χ4v) is 4.94. The van der Waals surface area contributed by atoms with E-state index < -0.39 is 27.8 Å². The van der Waals surface area contributed by atoms with Gasteiger partial charge in [-0.3, -0.25) is 14.5 Å². The summed E-state index contributed by atoms with van der Waals surface area (Å²) in [6, 6.07) is 12.6. The van der Waals surface area contributed by atoms with Gasteiger partial charge >= 0.3 is 0 Å². The first-order valence-corrected chi connectivity index (χ1v) is 12.5. The van der Waals surface area contributed by atoms with Crippen molar-refractivity contribution in [3.05, 3.63) is 82.8 Å². The zero-order valence-electron chi connectivity index (χ0n) is 18.7. The quantitative estimate of drug-likeness (QED) is 0.322. The Morgan fingerprint density at radius 3 is 2.49 bits per heavy atom. The predicted octanol–water partition coefficient (Wildman–Crippen LogP) is 3.19. The number of rotatable bonds is 4. The Labute approximate surface area is 201 Å². The number of nitrogens with two attached hydrogens (primary N) is 1. The highest BCUT2D eigenvalue weighted by molar-refractivity contribution is 7.89. The summed E-state index contributed by atoms with van der Waals surface area (Å²) in [6.45, 7) is 2.34. The Hall–Kier alpha value is -3.89. The van der Waals surface area contributed by atoms with Crippen LogP contribution in [0.15, 0.2) is 69.5 Å². The molecule has 2 aliphatic rings. The van der Waals surface area contributed by atoms with Crippen LogP contribution >= 0.6 is 0 Å². The third-order valence-corrected chi connectivity index (χ3v) is 7.03. The van der Waals surface area contributed by atoms with Crippen molar-refractivity contribution in [3.63, 3.8) is 0 Å². The molecular formula is C25H22N2O7S. The number of anilines is 1. The fourth-order valence-electron chi connectivity index (χ4n) is 4.43. The Morgan fingerprint density at radius 1 is 1.09 bits per heavy atom. The first kappa shape index (κ1) is 22.9.